The number of hydrogen-bond donors (Lipinski definition) is 1. The number of benzene rings is 1. The minimum Gasteiger partial charge on any atom is -0.392 e. The number of aliphatic hydroxyl groups is 1. The molecule has 2 heterocycles. The van der Waals surface area contributed by atoms with Crippen molar-refractivity contribution < 1.29 is 9.84 Å². The molecule has 0 aliphatic carbocycles. The number of allylic oxidation sites excluding steroid dienone is 1. The lowest BCUT2D eigenvalue weighted by molar-refractivity contribution is 0.0934. The van der Waals surface area contributed by atoms with Crippen molar-refractivity contribution in [1.82, 2.24) is 4.90 Å². The Morgan fingerprint density at radius 3 is 2.39 bits per heavy atom. The maximum Gasteiger partial charge on any atom is 0.130 e. The molecule has 2 fully saturated rings. The Morgan fingerprint density at radius 1 is 1.19 bits per heavy atom. The average molecular weight is 467 g/mol. The Kier molecular flexibility index (Phi) is 10.1. The summed E-state index contributed by atoms with van der Waals surface area (Å²) in [7, 11) is 0. The largest absolute Gasteiger partial charge is 0.392 e. The molecule has 0 unspecified atom stereocenters. The minimum absolute atomic E-state index is 0.0265. The number of ether oxygens (including phenoxy) is 1. The van der Waals surface area contributed by atoms with Crippen LogP contribution in [0.15, 0.2) is 41.2 Å². The summed E-state index contributed by atoms with van der Waals surface area (Å²) in [5.41, 5.74) is 3.44. The maximum atomic E-state index is 9.76. The fraction of sp³-hybridized carbons (Fsp3) is 0.560. The maximum absolute atomic E-state index is 9.76. The van der Waals surface area contributed by atoms with Gasteiger partial charge in [0.15, 0.2) is 0 Å². The van der Waals surface area contributed by atoms with Gasteiger partial charge >= 0.3 is 0 Å². The van der Waals surface area contributed by atoms with Gasteiger partial charge in [-0.3, -0.25) is 0 Å². The molecule has 1 spiro atoms. The molecule has 6 heteroatoms. The zero-order chi connectivity index (χ0) is 23.0. The third-order valence-corrected chi connectivity index (χ3v) is 6.73. The molecule has 0 atom stereocenters. The molecule has 4 nitrogen and oxygen atoms in total. The number of piperidine rings is 1. The normalized spacial score (nSPS) is 19.1. The van der Waals surface area contributed by atoms with Crippen molar-refractivity contribution in [3.8, 4) is 0 Å². The van der Waals surface area contributed by atoms with E-state index in [0.717, 1.165) is 73.8 Å². The first-order valence-electron chi connectivity index (χ1n) is 11.1. The number of aliphatic imine (C=N–C) groups is 1. The van der Waals surface area contributed by atoms with Gasteiger partial charge in [0.2, 0.25) is 0 Å². The van der Waals surface area contributed by atoms with Crippen LogP contribution in [-0.2, 0) is 4.74 Å². The molecule has 0 saturated carbocycles. The summed E-state index contributed by atoms with van der Waals surface area (Å²) in [6, 6.07) is 5.50. The van der Waals surface area contributed by atoms with Crippen molar-refractivity contribution in [2.45, 2.75) is 53.4 Å². The highest BCUT2D eigenvalue weighted by Gasteiger charge is 2.38. The Morgan fingerprint density at radius 2 is 1.84 bits per heavy atom. The molecule has 31 heavy (non-hydrogen) atoms. The van der Waals surface area contributed by atoms with Crippen molar-refractivity contribution >= 4 is 34.5 Å². The molecule has 2 saturated heterocycles. The monoisotopic (exact) mass is 466 g/mol. The van der Waals surface area contributed by atoms with Gasteiger partial charge in [0.05, 0.1) is 23.3 Å². The van der Waals surface area contributed by atoms with Crippen molar-refractivity contribution in [2.75, 3.05) is 32.9 Å². The zero-order valence-corrected chi connectivity index (χ0v) is 20.8. The molecule has 0 radical (unpaired) electrons. The van der Waals surface area contributed by atoms with Crippen LogP contribution < -0.4 is 0 Å². The van der Waals surface area contributed by atoms with Gasteiger partial charge in [-0.25, -0.2) is 4.99 Å². The highest BCUT2D eigenvalue weighted by atomic mass is 35.5. The minimum atomic E-state index is -0.0265. The van der Waals surface area contributed by atoms with Crippen molar-refractivity contribution in [2.24, 2.45) is 10.4 Å². The van der Waals surface area contributed by atoms with Gasteiger partial charge in [-0.15, -0.1) is 0 Å². The number of hydrogen-bond acceptors (Lipinski definition) is 4. The third-order valence-electron chi connectivity index (χ3n) is 5.91. The predicted octanol–water partition coefficient (Wildman–Crippen LogP) is 6.61. The van der Waals surface area contributed by atoms with E-state index in [1.807, 2.05) is 26.0 Å². The smallest absolute Gasteiger partial charge is 0.130 e. The fourth-order valence-corrected chi connectivity index (χ4v) is 4.32. The molecule has 1 N–H and O–H groups in total. The lowest BCUT2D eigenvalue weighted by Crippen LogP contribution is -2.40. The number of aliphatic hydroxyl groups excluding tert-OH is 1. The molecule has 1 aromatic rings. The van der Waals surface area contributed by atoms with Crippen molar-refractivity contribution in [1.29, 1.82) is 0 Å². The van der Waals surface area contributed by atoms with E-state index in [9.17, 15) is 5.11 Å². The molecule has 2 aliphatic rings. The number of likely N-dealkylation sites (tertiary alicyclic amines) is 1. The van der Waals surface area contributed by atoms with E-state index in [1.165, 1.54) is 6.42 Å². The Balaban J connectivity index is 0.00000107. The number of rotatable bonds is 5. The Hall–Kier alpha value is -1.33. The van der Waals surface area contributed by atoms with E-state index in [-0.39, 0.29) is 6.61 Å². The first-order chi connectivity index (χ1) is 14.8. The topological polar surface area (TPSA) is 45.1 Å². The summed E-state index contributed by atoms with van der Waals surface area (Å²) in [4.78, 5) is 7.13. The van der Waals surface area contributed by atoms with E-state index < -0.39 is 0 Å². The second-order valence-electron chi connectivity index (χ2n) is 8.54. The van der Waals surface area contributed by atoms with Crippen LogP contribution in [-0.4, -0.2) is 48.6 Å². The molecule has 0 bridgehead atoms. The second kappa shape index (κ2) is 12.1. The first-order valence-corrected chi connectivity index (χ1v) is 11.9. The molecule has 172 valence electrons. The van der Waals surface area contributed by atoms with E-state index in [1.54, 1.807) is 6.07 Å². The predicted molar refractivity (Wildman–Crippen MR) is 133 cm³/mol. The average Bonchev–Trinajstić information content (AvgIpc) is 3.22. The first kappa shape index (κ1) is 25.9. The standard InChI is InChI=1S/C22H28Cl2N2O2.C3H8/c1-15(13-27)21(26-10-7-22(8-11-26)9-12-28-14-22)25-17(3)16(2)18-5-4-6-19(23)20(18)24;1-3-2/h4-6,27H,2,7-14H2,1,3H3;3H2,1-2H3/b21-15-,25-17-;. The highest BCUT2D eigenvalue weighted by Crippen LogP contribution is 2.40. The van der Waals surface area contributed by atoms with Crippen LogP contribution in [0.4, 0.5) is 0 Å². The summed E-state index contributed by atoms with van der Waals surface area (Å²) in [5.74, 6) is 0.827. The summed E-state index contributed by atoms with van der Waals surface area (Å²) in [6.07, 6.45) is 4.57. The van der Waals surface area contributed by atoms with Crippen LogP contribution in [0, 0.1) is 5.41 Å². The molecular formula is C25H36Cl2N2O2. The molecule has 1 aromatic carbocycles. The van der Waals surface area contributed by atoms with Gasteiger partial charge in [-0.2, -0.15) is 0 Å². The van der Waals surface area contributed by atoms with Crippen LogP contribution in [0.5, 0.6) is 0 Å². The van der Waals surface area contributed by atoms with Gasteiger partial charge < -0.3 is 14.7 Å². The van der Waals surface area contributed by atoms with Crippen LogP contribution >= 0.6 is 23.2 Å². The Bertz CT molecular complexity index is 817. The number of halogens is 2. The van der Waals surface area contributed by atoms with E-state index >= 15 is 0 Å². The Labute approximate surface area is 197 Å². The lowest BCUT2D eigenvalue weighted by atomic mass is 9.78. The molecule has 0 amide bonds. The van der Waals surface area contributed by atoms with Crippen molar-refractivity contribution in [3.05, 3.63) is 51.8 Å². The van der Waals surface area contributed by atoms with Gasteiger partial charge in [-0.1, -0.05) is 62.2 Å². The van der Waals surface area contributed by atoms with Crippen LogP contribution in [0.2, 0.25) is 10.0 Å². The summed E-state index contributed by atoms with van der Waals surface area (Å²) in [5, 5.41) is 10.7. The fourth-order valence-electron chi connectivity index (χ4n) is 3.90. The second-order valence-corrected chi connectivity index (χ2v) is 9.32. The summed E-state index contributed by atoms with van der Waals surface area (Å²) < 4.78 is 5.64. The lowest BCUT2D eigenvalue weighted by Gasteiger charge is -2.40. The van der Waals surface area contributed by atoms with Crippen LogP contribution in [0.25, 0.3) is 5.57 Å². The van der Waals surface area contributed by atoms with Gasteiger partial charge in [0, 0.05) is 31.0 Å². The van der Waals surface area contributed by atoms with E-state index in [4.69, 9.17) is 32.9 Å². The molecule has 3 rings (SSSR count). The highest BCUT2D eigenvalue weighted by molar-refractivity contribution is 6.44. The van der Waals surface area contributed by atoms with Crippen molar-refractivity contribution in [3.63, 3.8) is 0 Å². The van der Waals surface area contributed by atoms with Crippen LogP contribution in [0.1, 0.15) is 58.9 Å². The molecule has 2 aliphatic heterocycles. The zero-order valence-electron chi connectivity index (χ0n) is 19.3. The van der Waals surface area contributed by atoms with E-state index in [0.29, 0.717) is 15.5 Å². The number of nitrogens with zero attached hydrogens (tertiary/aromatic N) is 2. The molecule has 0 aromatic heterocycles. The third kappa shape index (κ3) is 6.58. The van der Waals surface area contributed by atoms with Gasteiger partial charge in [0.25, 0.3) is 0 Å². The van der Waals surface area contributed by atoms with Gasteiger partial charge in [0.1, 0.15) is 5.82 Å². The molecular weight excluding hydrogens is 431 g/mol. The summed E-state index contributed by atoms with van der Waals surface area (Å²) in [6.45, 7) is 15.8. The summed E-state index contributed by atoms with van der Waals surface area (Å²) >= 11 is 12.5. The SMILES string of the molecule is C=C(/C(C)=N\C(=C(/C)CO)N1CCC2(CCOC2)CC1)c1cccc(Cl)c1Cl.CCC. The van der Waals surface area contributed by atoms with Crippen LogP contribution in [0.3, 0.4) is 0 Å². The van der Waals surface area contributed by atoms with Gasteiger partial charge in [-0.05, 0) is 55.7 Å². The van der Waals surface area contributed by atoms with E-state index in [2.05, 4.69) is 25.3 Å². The quantitative estimate of drug-likeness (QED) is 0.496.